The summed E-state index contributed by atoms with van der Waals surface area (Å²) in [6.45, 7) is 4.56. The molecule has 8 heteroatoms. The van der Waals surface area contributed by atoms with E-state index < -0.39 is 11.9 Å². The zero-order valence-electron chi connectivity index (χ0n) is 25.9. The van der Waals surface area contributed by atoms with E-state index in [1.54, 1.807) is 21.3 Å². The van der Waals surface area contributed by atoms with E-state index in [0.29, 0.717) is 52.9 Å². The van der Waals surface area contributed by atoms with Gasteiger partial charge in [0.2, 0.25) is 0 Å². The van der Waals surface area contributed by atoms with Gasteiger partial charge in [-0.1, -0.05) is 49.4 Å². The normalized spacial score (nSPS) is 17.9. The summed E-state index contributed by atoms with van der Waals surface area (Å²) in [5.41, 5.74) is 5.04. The zero-order chi connectivity index (χ0) is 31.2. The molecule has 0 saturated carbocycles. The molecule has 5 rings (SSSR count). The van der Waals surface area contributed by atoms with E-state index >= 15 is 0 Å². The second-order valence-corrected chi connectivity index (χ2v) is 11.0. The van der Waals surface area contributed by atoms with Crippen molar-refractivity contribution in [1.82, 2.24) is 5.32 Å². The van der Waals surface area contributed by atoms with Gasteiger partial charge in [0, 0.05) is 29.3 Å². The Morgan fingerprint density at radius 3 is 2.20 bits per heavy atom. The van der Waals surface area contributed by atoms with Crippen molar-refractivity contribution in [2.45, 2.75) is 51.6 Å². The lowest BCUT2D eigenvalue weighted by molar-refractivity contribution is -0.140. The van der Waals surface area contributed by atoms with Gasteiger partial charge in [-0.25, -0.2) is 4.79 Å². The number of methoxy groups -OCH3 is 3. The number of ether oxygens (including phenoxy) is 5. The first-order chi connectivity index (χ1) is 21.4. The summed E-state index contributed by atoms with van der Waals surface area (Å²) in [6, 6.07) is 20.9. The topological polar surface area (TPSA) is 92.3 Å². The largest absolute Gasteiger partial charge is 0.493 e. The van der Waals surface area contributed by atoms with Crippen LogP contribution in [0.1, 0.15) is 61.6 Å². The van der Waals surface area contributed by atoms with Crippen LogP contribution in [0.15, 0.2) is 89.3 Å². The molecular formula is C36H39NO7. The molecule has 8 nitrogen and oxygen atoms in total. The number of rotatable bonds is 11. The number of dihydropyridines is 1. The van der Waals surface area contributed by atoms with Crippen LogP contribution in [0.2, 0.25) is 0 Å². The molecule has 0 bridgehead atoms. The SMILES string of the molecule is CCCOc1ccc([C@@H]2C(C(=O)OCc3ccccc3)=C(C)NC3=C2C(=O)C[C@@H](c2ccc(OC)c(OC)c2)C3)cc1OC. The maximum Gasteiger partial charge on any atom is 0.337 e. The molecule has 3 aromatic carbocycles. The average Bonchev–Trinajstić information content (AvgIpc) is 3.05. The molecule has 2 atom stereocenters. The second-order valence-electron chi connectivity index (χ2n) is 11.0. The van der Waals surface area contributed by atoms with Gasteiger partial charge in [0.05, 0.1) is 33.5 Å². The number of carbonyl (C=O) groups excluding carboxylic acids is 2. The number of nitrogens with one attached hydrogen (secondary N) is 1. The second kappa shape index (κ2) is 13.7. The fourth-order valence-corrected chi connectivity index (χ4v) is 5.98. The first-order valence-corrected chi connectivity index (χ1v) is 14.9. The van der Waals surface area contributed by atoms with Crippen molar-refractivity contribution in [3.63, 3.8) is 0 Å². The minimum atomic E-state index is -0.637. The molecule has 0 fully saturated rings. The zero-order valence-corrected chi connectivity index (χ0v) is 25.9. The van der Waals surface area contributed by atoms with Crippen molar-refractivity contribution >= 4 is 11.8 Å². The summed E-state index contributed by atoms with van der Waals surface area (Å²) in [4.78, 5) is 27.9. The summed E-state index contributed by atoms with van der Waals surface area (Å²) in [5.74, 6) is 1.17. The Hall–Kier alpha value is -4.72. The first kappa shape index (κ1) is 30.7. The summed E-state index contributed by atoms with van der Waals surface area (Å²) >= 11 is 0. The molecule has 3 aromatic rings. The monoisotopic (exact) mass is 597 g/mol. The van der Waals surface area contributed by atoms with Gasteiger partial charge in [-0.2, -0.15) is 0 Å². The van der Waals surface area contributed by atoms with Crippen molar-refractivity contribution in [1.29, 1.82) is 0 Å². The Balaban J connectivity index is 1.54. The van der Waals surface area contributed by atoms with Gasteiger partial charge in [0.1, 0.15) is 6.61 Å². The average molecular weight is 598 g/mol. The maximum absolute atomic E-state index is 14.1. The lowest BCUT2D eigenvalue weighted by Crippen LogP contribution is -2.36. The van der Waals surface area contributed by atoms with Crippen molar-refractivity contribution in [3.05, 3.63) is 106 Å². The smallest absolute Gasteiger partial charge is 0.337 e. The fraction of sp³-hybridized carbons (Fsp3) is 0.333. The highest BCUT2D eigenvalue weighted by Crippen LogP contribution is 2.47. The Labute approximate surface area is 258 Å². The van der Waals surface area contributed by atoms with Crippen LogP contribution in [0.5, 0.6) is 23.0 Å². The van der Waals surface area contributed by atoms with E-state index in [4.69, 9.17) is 23.7 Å². The minimum absolute atomic E-state index is 0.0327. The third-order valence-electron chi connectivity index (χ3n) is 8.12. The standard InChI is InChI=1S/C36H39NO7/c1-6-16-43-30-15-13-25(20-32(30)42-5)34-33(36(39)44-21-23-10-8-7-9-11-23)22(2)37-27-17-26(18-28(38)35(27)34)24-12-14-29(40-3)31(19-24)41-4/h7-15,19-20,26,34,37H,6,16-18,21H2,1-5H3/t26-,34+/m0/s1. The summed E-state index contributed by atoms with van der Waals surface area (Å²) in [5, 5.41) is 3.42. The number of Topliss-reactive ketones (excluding diaryl/α,β-unsaturated/α-hetero) is 1. The quantitative estimate of drug-likeness (QED) is 0.247. The van der Waals surface area contributed by atoms with Crippen LogP contribution in [0.25, 0.3) is 0 Å². The van der Waals surface area contributed by atoms with Crippen LogP contribution in [0.3, 0.4) is 0 Å². The van der Waals surface area contributed by atoms with Crippen LogP contribution in [0, 0.1) is 0 Å². The molecule has 0 amide bonds. The number of hydrogen-bond acceptors (Lipinski definition) is 8. The van der Waals surface area contributed by atoms with Gasteiger partial charge in [0.15, 0.2) is 28.8 Å². The molecule has 1 aliphatic heterocycles. The summed E-state index contributed by atoms with van der Waals surface area (Å²) in [6.07, 6.45) is 1.73. The molecule has 0 spiro atoms. The van der Waals surface area contributed by atoms with Crippen LogP contribution >= 0.6 is 0 Å². The van der Waals surface area contributed by atoms with Gasteiger partial charge in [-0.05, 0) is 66.6 Å². The summed E-state index contributed by atoms with van der Waals surface area (Å²) in [7, 11) is 4.78. The maximum atomic E-state index is 14.1. The van der Waals surface area contributed by atoms with Gasteiger partial charge in [-0.15, -0.1) is 0 Å². The molecule has 1 N–H and O–H groups in total. The van der Waals surface area contributed by atoms with E-state index in [1.807, 2.05) is 80.6 Å². The van der Waals surface area contributed by atoms with Crippen molar-refractivity contribution < 1.29 is 33.3 Å². The fourth-order valence-electron chi connectivity index (χ4n) is 5.98. The molecule has 230 valence electrons. The van der Waals surface area contributed by atoms with E-state index in [2.05, 4.69) is 5.32 Å². The molecular weight excluding hydrogens is 558 g/mol. The molecule has 0 radical (unpaired) electrons. The predicted molar refractivity (Wildman–Crippen MR) is 167 cm³/mol. The Morgan fingerprint density at radius 2 is 1.50 bits per heavy atom. The van der Waals surface area contributed by atoms with Crippen molar-refractivity contribution in [2.24, 2.45) is 0 Å². The van der Waals surface area contributed by atoms with Crippen LogP contribution in [0.4, 0.5) is 0 Å². The van der Waals surface area contributed by atoms with E-state index in [9.17, 15) is 9.59 Å². The molecule has 1 aliphatic carbocycles. The van der Waals surface area contributed by atoms with Crippen LogP contribution < -0.4 is 24.3 Å². The Morgan fingerprint density at radius 1 is 0.841 bits per heavy atom. The third kappa shape index (κ3) is 6.30. The minimum Gasteiger partial charge on any atom is -0.493 e. The van der Waals surface area contributed by atoms with Gasteiger partial charge in [-0.3, -0.25) is 4.79 Å². The predicted octanol–water partition coefficient (Wildman–Crippen LogP) is 6.61. The van der Waals surface area contributed by atoms with Gasteiger partial charge >= 0.3 is 5.97 Å². The lowest BCUT2D eigenvalue weighted by atomic mass is 9.71. The summed E-state index contributed by atoms with van der Waals surface area (Å²) < 4.78 is 28.3. The molecule has 1 heterocycles. The van der Waals surface area contributed by atoms with Gasteiger partial charge < -0.3 is 29.0 Å². The van der Waals surface area contributed by atoms with E-state index in [1.165, 1.54) is 0 Å². The lowest BCUT2D eigenvalue weighted by Gasteiger charge is -2.37. The highest BCUT2D eigenvalue weighted by atomic mass is 16.5. The highest BCUT2D eigenvalue weighted by molar-refractivity contribution is 6.04. The highest BCUT2D eigenvalue weighted by Gasteiger charge is 2.42. The number of allylic oxidation sites excluding steroid dienone is 3. The van der Waals surface area contributed by atoms with Crippen molar-refractivity contribution in [2.75, 3.05) is 27.9 Å². The number of benzene rings is 3. The number of carbonyl (C=O) groups is 2. The van der Waals surface area contributed by atoms with E-state index in [0.717, 1.165) is 28.8 Å². The van der Waals surface area contributed by atoms with Crippen LogP contribution in [-0.2, 0) is 20.9 Å². The number of hydrogen-bond donors (Lipinski definition) is 1. The number of ketones is 1. The molecule has 0 aromatic heterocycles. The molecule has 0 unspecified atom stereocenters. The van der Waals surface area contributed by atoms with Crippen LogP contribution in [-0.4, -0.2) is 39.7 Å². The Kier molecular flexibility index (Phi) is 9.58. The van der Waals surface area contributed by atoms with E-state index in [-0.39, 0.29) is 24.7 Å². The van der Waals surface area contributed by atoms with Crippen molar-refractivity contribution in [3.8, 4) is 23.0 Å². The third-order valence-corrected chi connectivity index (χ3v) is 8.12. The molecule has 44 heavy (non-hydrogen) atoms. The molecule has 0 saturated heterocycles. The molecule has 2 aliphatic rings. The Bertz CT molecular complexity index is 1590. The number of esters is 1. The van der Waals surface area contributed by atoms with Gasteiger partial charge in [0.25, 0.3) is 0 Å². The first-order valence-electron chi connectivity index (χ1n) is 14.9.